The van der Waals surface area contributed by atoms with Crippen LogP contribution in [0.15, 0.2) is 34.4 Å². The molecule has 0 heterocycles. The number of allylic oxidation sites excluding steroid dienone is 8. The predicted molar refractivity (Wildman–Crippen MR) is 93.1 cm³/mol. The van der Waals surface area contributed by atoms with Crippen LogP contribution in [0.4, 0.5) is 26.3 Å². The van der Waals surface area contributed by atoms with Crippen molar-refractivity contribution in [1.29, 1.82) is 0 Å². The van der Waals surface area contributed by atoms with Gasteiger partial charge in [0.05, 0.1) is 0 Å². The van der Waals surface area contributed by atoms with Crippen molar-refractivity contribution in [2.45, 2.75) is 51.6 Å². The van der Waals surface area contributed by atoms with Gasteiger partial charge < -0.3 is 9.11 Å². The summed E-state index contributed by atoms with van der Waals surface area (Å²) < 4.78 is 118. The van der Waals surface area contributed by atoms with E-state index in [0.29, 0.717) is 0 Å². The number of halogens is 6. The SMILES string of the molecule is CC1=[C-]CC=C1C.CC1=[C-]CC=C1C.O=S(=O)([O-])C(F)(F)F.O=S(=O)([O-])C(F)(F)F.[Zr+4]. The Labute approximate surface area is 196 Å². The molecule has 0 saturated heterocycles. The summed E-state index contributed by atoms with van der Waals surface area (Å²) in [7, 11) is -12.2. The maximum absolute atomic E-state index is 10.7. The maximum atomic E-state index is 10.7. The van der Waals surface area contributed by atoms with Gasteiger partial charge in [-0.15, -0.1) is 26.7 Å². The van der Waals surface area contributed by atoms with Crippen LogP contribution in [-0.2, 0) is 46.4 Å². The summed E-state index contributed by atoms with van der Waals surface area (Å²) in [6.45, 7) is 8.43. The molecule has 0 saturated carbocycles. The van der Waals surface area contributed by atoms with Crippen LogP contribution in [0.2, 0.25) is 0 Å². The van der Waals surface area contributed by atoms with Crippen LogP contribution >= 0.6 is 0 Å². The Hall–Kier alpha value is -0.757. The normalized spacial score (nSPS) is 15.9. The summed E-state index contributed by atoms with van der Waals surface area (Å²) in [4.78, 5) is 0. The number of rotatable bonds is 0. The Morgan fingerprint density at radius 3 is 0.935 bits per heavy atom. The Kier molecular flexibility index (Phi) is 15.4. The van der Waals surface area contributed by atoms with E-state index in [1.54, 1.807) is 0 Å². The molecule has 0 atom stereocenters. The molecule has 0 spiro atoms. The van der Waals surface area contributed by atoms with Crippen LogP contribution in [0.25, 0.3) is 0 Å². The van der Waals surface area contributed by atoms with Crippen molar-refractivity contribution in [3.8, 4) is 0 Å². The molecule has 0 aromatic heterocycles. The van der Waals surface area contributed by atoms with Crippen LogP contribution in [0, 0.1) is 12.2 Å². The fourth-order valence-electron chi connectivity index (χ4n) is 1.30. The van der Waals surface area contributed by atoms with E-state index in [-0.39, 0.29) is 26.2 Å². The van der Waals surface area contributed by atoms with Crippen molar-refractivity contribution < 1.29 is 78.5 Å². The quantitative estimate of drug-likeness (QED) is 0.184. The van der Waals surface area contributed by atoms with E-state index < -0.39 is 31.3 Å². The van der Waals surface area contributed by atoms with Gasteiger partial charge in [0.1, 0.15) is 0 Å². The molecular weight excluding hydrogens is 558 g/mol. The Balaban J connectivity index is -0.000000334. The van der Waals surface area contributed by atoms with Gasteiger partial charge in [0.25, 0.3) is 0 Å². The molecule has 176 valence electrons. The monoisotopic (exact) mass is 574 g/mol. The van der Waals surface area contributed by atoms with Gasteiger partial charge in [-0.3, -0.25) is 12.2 Å². The summed E-state index contributed by atoms with van der Waals surface area (Å²) in [6, 6.07) is 0. The van der Waals surface area contributed by atoms with Gasteiger partial charge in [-0.05, 0) is 0 Å². The van der Waals surface area contributed by atoms with Crippen molar-refractivity contribution in [3.05, 3.63) is 46.6 Å². The van der Waals surface area contributed by atoms with E-state index >= 15 is 0 Å². The third-order valence-corrected chi connectivity index (χ3v) is 4.43. The summed E-state index contributed by atoms with van der Waals surface area (Å²) in [5, 5.41) is 0. The fraction of sp³-hybridized carbons (Fsp3) is 0.500. The summed E-state index contributed by atoms with van der Waals surface area (Å²) in [5.41, 5.74) is -5.87. The first-order chi connectivity index (χ1) is 13.1. The summed E-state index contributed by atoms with van der Waals surface area (Å²) in [5.74, 6) is 0. The Bertz CT molecular complexity index is 803. The molecule has 0 N–H and O–H groups in total. The largest absolute Gasteiger partial charge is 4.00 e. The number of alkyl halides is 6. The van der Waals surface area contributed by atoms with E-state index in [1.165, 1.54) is 22.3 Å². The minimum atomic E-state index is -6.09. The smallest absolute Gasteiger partial charge is 0.741 e. The molecule has 31 heavy (non-hydrogen) atoms. The molecule has 6 nitrogen and oxygen atoms in total. The topological polar surface area (TPSA) is 114 Å². The van der Waals surface area contributed by atoms with Crippen molar-refractivity contribution in [3.63, 3.8) is 0 Å². The zero-order chi connectivity index (χ0) is 24.6. The maximum Gasteiger partial charge on any atom is 4.00 e. The molecule has 2 aliphatic rings. The fourth-order valence-corrected chi connectivity index (χ4v) is 1.30. The molecule has 0 fully saturated rings. The van der Waals surface area contributed by atoms with Gasteiger partial charge in [-0.2, -0.15) is 38.5 Å². The summed E-state index contributed by atoms with van der Waals surface area (Å²) >= 11 is 0. The third kappa shape index (κ3) is 15.6. The van der Waals surface area contributed by atoms with Gasteiger partial charge in [0, 0.05) is 0 Å². The Morgan fingerprint density at radius 1 is 0.710 bits per heavy atom. The molecule has 2 aliphatic carbocycles. The van der Waals surface area contributed by atoms with E-state index in [1.807, 2.05) is 0 Å². The average Bonchev–Trinajstić information content (AvgIpc) is 3.06. The van der Waals surface area contributed by atoms with Crippen molar-refractivity contribution in [2.75, 3.05) is 0 Å². The molecule has 0 aromatic carbocycles. The molecule has 0 bridgehead atoms. The molecule has 0 aliphatic heterocycles. The van der Waals surface area contributed by atoms with E-state index in [2.05, 4.69) is 52.0 Å². The molecule has 0 unspecified atom stereocenters. The van der Waals surface area contributed by atoms with Gasteiger partial charge in [-0.25, -0.2) is 39.1 Å². The van der Waals surface area contributed by atoms with Crippen LogP contribution in [-0.4, -0.2) is 37.0 Å². The molecule has 0 radical (unpaired) electrons. The molecule has 15 heteroatoms. The number of hydrogen-bond donors (Lipinski definition) is 0. The minimum absolute atomic E-state index is 0. The molecule has 0 amide bonds. The van der Waals surface area contributed by atoms with Crippen molar-refractivity contribution in [1.82, 2.24) is 0 Å². The molecular formula is C16H18F6O6S2Zr. The molecule has 2 rings (SSSR count). The van der Waals surface area contributed by atoms with Gasteiger partial charge >= 0.3 is 37.2 Å². The third-order valence-electron chi connectivity index (χ3n) is 3.30. The first-order valence-corrected chi connectivity index (χ1v) is 10.5. The van der Waals surface area contributed by atoms with Crippen LogP contribution in [0.1, 0.15) is 40.5 Å². The Morgan fingerprint density at radius 2 is 0.903 bits per heavy atom. The van der Waals surface area contributed by atoms with Gasteiger partial charge in [0.15, 0.2) is 20.2 Å². The summed E-state index contributed by atoms with van der Waals surface area (Å²) in [6.07, 6.45) is 12.8. The average molecular weight is 576 g/mol. The second-order valence-electron chi connectivity index (χ2n) is 5.59. The van der Waals surface area contributed by atoms with Gasteiger partial charge in [0.2, 0.25) is 0 Å². The number of hydrogen-bond acceptors (Lipinski definition) is 6. The standard InChI is InChI=1S/2C7H9.2CHF3O3S.Zr/c2*1-6-4-3-5-7(6)2;2*2-1(3,4)8(5,6)7;/h2*4H,3H2,1-2H3;2*(H,5,6,7);/q2*-1;;;+4/p-2. The first kappa shape index (κ1) is 34.8. The second-order valence-corrected chi connectivity index (χ2v) is 8.33. The zero-order valence-electron chi connectivity index (χ0n) is 16.6. The molecule has 0 aromatic rings. The first-order valence-electron chi connectivity index (χ1n) is 7.64. The van der Waals surface area contributed by atoms with Crippen molar-refractivity contribution in [2.24, 2.45) is 0 Å². The van der Waals surface area contributed by atoms with E-state index in [0.717, 1.165) is 12.8 Å². The van der Waals surface area contributed by atoms with Crippen LogP contribution < -0.4 is 0 Å². The second kappa shape index (κ2) is 13.7. The zero-order valence-corrected chi connectivity index (χ0v) is 20.7. The minimum Gasteiger partial charge on any atom is -0.741 e. The van der Waals surface area contributed by atoms with Crippen LogP contribution in [0.5, 0.6) is 0 Å². The van der Waals surface area contributed by atoms with Gasteiger partial charge in [-0.1, -0.05) is 13.8 Å². The van der Waals surface area contributed by atoms with Crippen LogP contribution in [0.3, 0.4) is 0 Å². The van der Waals surface area contributed by atoms with Crippen molar-refractivity contribution >= 4 is 20.2 Å². The van der Waals surface area contributed by atoms with E-state index in [4.69, 9.17) is 25.9 Å². The predicted octanol–water partition coefficient (Wildman–Crippen LogP) is 4.27. The van der Waals surface area contributed by atoms with E-state index in [9.17, 15) is 26.3 Å².